The van der Waals surface area contributed by atoms with Gasteiger partial charge < -0.3 is 10.6 Å². The Balaban J connectivity index is 1.30. The number of nitrogens with one attached hydrogen (secondary N) is 2. The zero-order chi connectivity index (χ0) is 17.9. The van der Waals surface area contributed by atoms with Crippen LogP contribution in [0.25, 0.3) is 10.2 Å². The number of rotatable bonds is 6. The van der Waals surface area contributed by atoms with Crippen LogP contribution in [0.15, 0.2) is 30.6 Å². The first kappa shape index (κ1) is 17.5. The first-order valence-corrected chi connectivity index (χ1v) is 9.96. The van der Waals surface area contributed by atoms with Gasteiger partial charge in [-0.15, -0.1) is 11.3 Å². The Morgan fingerprint density at radius 2 is 2.38 bits per heavy atom. The average Bonchev–Trinajstić information content (AvgIpc) is 3.34. The van der Waals surface area contributed by atoms with Crippen molar-refractivity contribution in [1.29, 1.82) is 0 Å². The summed E-state index contributed by atoms with van der Waals surface area (Å²) < 4.78 is 2.97. The Hall–Kier alpha value is -1.96. The van der Waals surface area contributed by atoms with E-state index in [0.717, 1.165) is 34.0 Å². The summed E-state index contributed by atoms with van der Waals surface area (Å²) in [6.07, 6.45) is 6.98. The summed E-state index contributed by atoms with van der Waals surface area (Å²) in [5.74, 6) is -0.0270. The summed E-state index contributed by atoms with van der Waals surface area (Å²) in [7, 11) is 0. The molecule has 6 nitrogen and oxygen atoms in total. The molecule has 1 atom stereocenters. The van der Waals surface area contributed by atoms with Gasteiger partial charge in [0.15, 0.2) is 0 Å². The number of hydrogen-bond donors (Lipinski definition) is 2. The first-order chi connectivity index (χ1) is 12.7. The van der Waals surface area contributed by atoms with E-state index in [2.05, 4.69) is 20.7 Å². The number of fused-ring (bicyclic) bond motifs is 1. The molecule has 0 aliphatic carbocycles. The highest BCUT2D eigenvalue weighted by molar-refractivity contribution is 7.18. The molecule has 1 aliphatic rings. The van der Waals surface area contributed by atoms with Crippen LogP contribution in [0.5, 0.6) is 0 Å². The maximum absolute atomic E-state index is 12.2. The summed E-state index contributed by atoms with van der Waals surface area (Å²) in [6, 6.07) is 6.15. The van der Waals surface area contributed by atoms with Crippen molar-refractivity contribution < 1.29 is 4.79 Å². The predicted octanol–water partition coefficient (Wildman–Crippen LogP) is 3.47. The second-order valence-corrected chi connectivity index (χ2v) is 8.06. The third kappa shape index (κ3) is 4.23. The van der Waals surface area contributed by atoms with E-state index in [1.165, 1.54) is 12.8 Å². The Labute approximate surface area is 160 Å². The second-order valence-electron chi connectivity index (χ2n) is 6.51. The zero-order valence-electron chi connectivity index (χ0n) is 14.2. The van der Waals surface area contributed by atoms with Gasteiger partial charge in [0.25, 0.3) is 0 Å². The Morgan fingerprint density at radius 1 is 1.46 bits per heavy atom. The molecule has 0 spiro atoms. The molecular formula is C18H20ClN5OS. The first-order valence-electron chi connectivity index (χ1n) is 8.76. The molecular weight excluding hydrogens is 370 g/mol. The molecule has 26 heavy (non-hydrogen) atoms. The standard InChI is InChI=1S/C18H20ClN5OS/c19-12-3-4-16-15(8-12)23-18(26-16)6-5-17(25)22-14-9-21-24(11-14)10-13-2-1-7-20-13/h3-4,8-9,11,13,20H,1-2,5-7,10H2,(H,22,25). The van der Waals surface area contributed by atoms with Crippen molar-refractivity contribution in [1.82, 2.24) is 20.1 Å². The number of carbonyl (C=O) groups is 1. The minimum Gasteiger partial charge on any atom is -0.323 e. The third-order valence-electron chi connectivity index (χ3n) is 4.45. The number of amides is 1. The molecule has 3 heterocycles. The normalized spacial score (nSPS) is 17.0. The van der Waals surface area contributed by atoms with Crippen molar-refractivity contribution in [3.05, 3.63) is 40.6 Å². The zero-order valence-corrected chi connectivity index (χ0v) is 15.8. The highest BCUT2D eigenvalue weighted by Gasteiger charge is 2.15. The van der Waals surface area contributed by atoms with Crippen molar-refractivity contribution >= 4 is 44.7 Å². The number of aryl methyl sites for hydroxylation is 1. The molecule has 1 fully saturated rings. The number of halogens is 1. The summed E-state index contributed by atoms with van der Waals surface area (Å²) >= 11 is 7.59. The Morgan fingerprint density at radius 3 is 3.23 bits per heavy atom. The minimum atomic E-state index is -0.0270. The molecule has 4 rings (SSSR count). The van der Waals surface area contributed by atoms with Crippen LogP contribution in [-0.4, -0.2) is 33.3 Å². The van der Waals surface area contributed by atoms with E-state index in [4.69, 9.17) is 11.6 Å². The molecule has 1 saturated heterocycles. The van der Waals surface area contributed by atoms with E-state index in [0.29, 0.717) is 23.9 Å². The SMILES string of the molecule is O=C(CCc1nc2cc(Cl)ccc2s1)Nc1cnn(CC2CCCN2)c1. The van der Waals surface area contributed by atoms with Crippen molar-refractivity contribution in [2.24, 2.45) is 0 Å². The van der Waals surface area contributed by atoms with Crippen molar-refractivity contribution in [3.8, 4) is 0 Å². The van der Waals surface area contributed by atoms with E-state index in [1.807, 2.05) is 29.1 Å². The lowest BCUT2D eigenvalue weighted by Gasteiger charge is -2.09. The molecule has 0 bridgehead atoms. The minimum absolute atomic E-state index is 0.0270. The van der Waals surface area contributed by atoms with E-state index in [-0.39, 0.29) is 5.91 Å². The maximum atomic E-state index is 12.2. The average molecular weight is 390 g/mol. The molecule has 0 saturated carbocycles. The van der Waals surface area contributed by atoms with Crippen LogP contribution < -0.4 is 10.6 Å². The van der Waals surface area contributed by atoms with Crippen molar-refractivity contribution in [2.75, 3.05) is 11.9 Å². The van der Waals surface area contributed by atoms with Crippen LogP contribution in [-0.2, 0) is 17.8 Å². The molecule has 3 aromatic rings. The van der Waals surface area contributed by atoms with Gasteiger partial charge in [-0.3, -0.25) is 9.48 Å². The van der Waals surface area contributed by atoms with Gasteiger partial charge in [-0.1, -0.05) is 11.6 Å². The van der Waals surface area contributed by atoms with Crippen molar-refractivity contribution in [2.45, 2.75) is 38.3 Å². The largest absolute Gasteiger partial charge is 0.323 e. The molecule has 8 heteroatoms. The summed E-state index contributed by atoms with van der Waals surface area (Å²) in [5, 5.41) is 12.3. The fourth-order valence-corrected chi connectivity index (χ4v) is 4.28. The Bertz CT molecular complexity index is 915. The van der Waals surface area contributed by atoms with Crippen LogP contribution in [0.1, 0.15) is 24.3 Å². The molecule has 1 aliphatic heterocycles. The summed E-state index contributed by atoms with van der Waals surface area (Å²) in [6.45, 7) is 1.91. The topological polar surface area (TPSA) is 71.8 Å². The van der Waals surface area contributed by atoms with E-state index >= 15 is 0 Å². The number of thiazole rings is 1. The van der Waals surface area contributed by atoms with E-state index in [1.54, 1.807) is 17.5 Å². The lowest BCUT2D eigenvalue weighted by atomic mass is 10.2. The summed E-state index contributed by atoms with van der Waals surface area (Å²) in [4.78, 5) is 16.7. The van der Waals surface area contributed by atoms with Gasteiger partial charge in [0.1, 0.15) is 0 Å². The number of nitrogens with zero attached hydrogens (tertiary/aromatic N) is 3. The van der Waals surface area contributed by atoms with Gasteiger partial charge in [0.2, 0.25) is 5.91 Å². The smallest absolute Gasteiger partial charge is 0.224 e. The number of benzene rings is 1. The number of anilines is 1. The van der Waals surface area contributed by atoms with Crippen LogP contribution in [0.2, 0.25) is 5.02 Å². The van der Waals surface area contributed by atoms with Crippen LogP contribution in [0.4, 0.5) is 5.69 Å². The molecule has 1 amide bonds. The quantitative estimate of drug-likeness (QED) is 0.677. The maximum Gasteiger partial charge on any atom is 0.224 e. The van der Waals surface area contributed by atoms with Gasteiger partial charge in [-0.25, -0.2) is 4.98 Å². The second kappa shape index (κ2) is 7.73. The lowest BCUT2D eigenvalue weighted by Crippen LogP contribution is -2.26. The van der Waals surface area contributed by atoms with E-state index < -0.39 is 0 Å². The lowest BCUT2D eigenvalue weighted by molar-refractivity contribution is -0.116. The van der Waals surface area contributed by atoms with Crippen LogP contribution >= 0.6 is 22.9 Å². The number of carbonyl (C=O) groups excluding carboxylic acids is 1. The molecule has 2 N–H and O–H groups in total. The van der Waals surface area contributed by atoms with Gasteiger partial charge in [0.05, 0.1) is 33.7 Å². The fraction of sp³-hybridized carbons (Fsp3) is 0.389. The molecule has 136 valence electrons. The molecule has 0 radical (unpaired) electrons. The van der Waals surface area contributed by atoms with Gasteiger partial charge in [-0.05, 0) is 37.6 Å². The monoisotopic (exact) mass is 389 g/mol. The predicted molar refractivity (Wildman–Crippen MR) is 105 cm³/mol. The number of aromatic nitrogens is 3. The van der Waals surface area contributed by atoms with Gasteiger partial charge >= 0.3 is 0 Å². The van der Waals surface area contributed by atoms with E-state index in [9.17, 15) is 4.79 Å². The van der Waals surface area contributed by atoms with Crippen LogP contribution in [0, 0.1) is 0 Å². The van der Waals surface area contributed by atoms with Gasteiger partial charge in [0, 0.05) is 30.1 Å². The number of hydrogen-bond acceptors (Lipinski definition) is 5. The highest BCUT2D eigenvalue weighted by Crippen LogP contribution is 2.25. The van der Waals surface area contributed by atoms with Crippen molar-refractivity contribution in [3.63, 3.8) is 0 Å². The van der Waals surface area contributed by atoms with Crippen LogP contribution in [0.3, 0.4) is 0 Å². The molecule has 1 unspecified atom stereocenters. The fourth-order valence-electron chi connectivity index (χ4n) is 3.17. The molecule has 1 aromatic carbocycles. The van der Waals surface area contributed by atoms with Gasteiger partial charge in [-0.2, -0.15) is 5.10 Å². The molecule has 2 aromatic heterocycles. The Kier molecular flexibility index (Phi) is 5.19. The third-order valence-corrected chi connectivity index (χ3v) is 5.78. The summed E-state index contributed by atoms with van der Waals surface area (Å²) in [5.41, 5.74) is 1.63. The highest BCUT2D eigenvalue weighted by atomic mass is 35.5.